The number of esters is 1. The van der Waals surface area contributed by atoms with Gasteiger partial charge < -0.3 is 15.2 Å². The monoisotopic (exact) mass is 514 g/mol. The lowest BCUT2D eigenvalue weighted by atomic mass is 10.0. The van der Waals surface area contributed by atoms with Crippen molar-refractivity contribution in [1.82, 2.24) is 10.2 Å². The molecule has 7 nitrogen and oxygen atoms in total. The molecular weight excluding hydrogens is 488 g/mol. The van der Waals surface area contributed by atoms with Crippen LogP contribution in [0.5, 0.6) is 0 Å². The zero-order chi connectivity index (χ0) is 25.8. The SMILES string of the molecule is O=C(Cc1ccccc1)N[C@@H]1C(=O)N2C(C(=O)OC(c3ccccc3)c3ccccc3)=C(CO)CSC12. The summed E-state index contributed by atoms with van der Waals surface area (Å²) in [4.78, 5) is 40.7. The van der Waals surface area contributed by atoms with Crippen LogP contribution in [0.1, 0.15) is 22.8 Å². The Hall–Kier alpha value is -3.88. The summed E-state index contributed by atoms with van der Waals surface area (Å²) in [5, 5.41) is 12.3. The summed E-state index contributed by atoms with van der Waals surface area (Å²) in [6, 6.07) is 27.3. The van der Waals surface area contributed by atoms with E-state index in [1.807, 2.05) is 91.0 Å². The van der Waals surface area contributed by atoms with Crippen LogP contribution < -0.4 is 5.32 Å². The minimum absolute atomic E-state index is 0.0571. The molecule has 0 spiro atoms. The molecule has 2 heterocycles. The quantitative estimate of drug-likeness (QED) is 0.354. The van der Waals surface area contributed by atoms with Crippen LogP contribution in [0, 0.1) is 0 Å². The maximum atomic E-state index is 13.5. The van der Waals surface area contributed by atoms with Crippen molar-refractivity contribution < 1.29 is 24.2 Å². The first kappa shape index (κ1) is 24.8. The van der Waals surface area contributed by atoms with E-state index in [-0.39, 0.29) is 24.6 Å². The van der Waals surface area contributed by atoms with Gasteiger partial charge in [-0.2, -0.15) is 0 Å². The number of carbonyl (C=O) groups excluding carboxylic acids is 3. The average Bonchev–Trinajstić information content (AvgIpc) is 2.95. The van der Waals surface area contributed by atoms with Gasteiger partial charge in [0.25, 0.3) is 5.91 Å². The van der Waals surface area contributed by atoms with Crippen LogP contribution in [0.4, 0.5) is 0 Å². The van der Waals surface area contributed by atoms with Gasteiger partial charge in [0.15, 0.2) is 6.10 Å². The van der Waals surface area contributed by atoms with Crippen LogP contribution in [-0.4, -0.2) is 51.6 Å². The maximum Gasteiger partial charge on any atom is 0.356 e. The van der Waals surface area contributed by atoms with Gasteiger partial charge >= 0.3 is 5.97 Å². The van der Waals surface area contributed by atoms with Gasteiger partial charge in [-0.15, -0.1) is 11.8 Å². The molecule has 2 amide bonds. The number of rotatable bonds is 8. The number of aliphatic hydroxyl groups excluding tert-OH is 1. The van der Waals surface area contributed by atoms with Crippen LogP contribution in [0.3, 0.4) is 0 Å². The van der Waals surface area contributed by atoms with Crippen molar-refractivity contribution in [1.29, 1.82) is 0 Å². The molecule has 2 aliphatic rings. The first-order valence-corrected chi connectivity index (χ1v) is 13.0. The molecule has 3 aromatic rings. The number of hydrogen-bond donors (Lipinski definition) is 2. The number of amides is 2. The van der Waals surface area contributed by atoms with Crippen molar-refractivity contribution in [2.45, 2.75) is 23.9 Å². The van der Waals surface area contributed by atoms with E-state index in [0.29, 0.717) is 11.3 Å². The number of β-lactam (4-membered cyclic amide) rings is 1. The van der Waals surface area contributed by atoms with Gasteiger partial charge in [0.1, 0.15) is 17.1 Å². The lowest BCUT2D eigenvalue weighted by Crippen LogP contribution is -2.70. The Bertz CT molecular complexity index is 1270. The smallest absolute Gasteiger partial charge is 0.356 e. The number of carbonyl (C=O) groups is 3. The van der Waals surface area contributed by atoms with E-state index in [4.69, 9.17) is 4.74 Å². The highest BCUT2D eigenvalue weighted by atomic mass is 32.2. The lowest BCUT2D eigenvalue weighted by molar-refractivity contribution is -0.154. The summed E-state index contributed by atoms with van der Waals surface area (Å²) in [6.45, 7) is -0.375. The largest absolute Gasteiger partial charge is 0.448 e. The van der Waals surface area contributed by atoms with Gasteiger partial charge in [-0.25, -0.2) is 4.79 Å². The topological polar surface area (TPSA) is 95.9 Å². The molecule has 0 aromatic heterocycles. The molecule has 8 heteroatoms. The molecule has 2 aliphatic heterocycles. The van der Waals surface area contributed by atoms with E-state index >= 15 is 0 Å². The van der Waals surface area contributed by atoms with E-state index in [1.165, 1.54) is 16.7 Å². The Morgan fingerprint density at radius 3 is 2.08 bits per heavy atom. The number of hydrogen-bond acceptors (Lipinski definition) is 6. The second kappa shape index (κ2) is 11.0. The number of nitrogens with zero attached hydrogens (tertiary/aromatic N) is 1. The van der Waals surface area contributed by atoms with E-state index in [2.05, 4.69) is 5.32 Å². The van der Waals surface area contributed by atoms with Crippen molar-refractivity contribution in [2.24, 2.45) is 0 Å². The molecule has 0 aliphatic carbocycles. The Labute approximate surface area is 219 Å². The summed E-state index contributed by atoms with van der Waals surface area (Å²) in [5.41, 5.74) is 2.90. The summed E-state index contributed by atoms with van der Waals surface area (Å²) in [7, 11) is 0. The standard InChI is InChI=1S/C29H26N2O5S/c32-17-22-18-37-28-24(30-23(33)16-19-10-4-1-5-11-19)27(34)31(28)25(22)29(35)36-26(20-12-6-2-7-13-20)21-14-8-3-9-15-21/h1-15,24,26,28,32H,16-18H2,(H,30,33)/t24-,28?/m1/s1. The van der Waals surface area contributed by atoms with Gasteiger partial charge in [-0.05, 0) is 22.3 Å². The second-order valence-corrected chi connectivity index (χ2v) is 9.94. The molecule has 2 N–H and O–H groups in total. The number of fused-ring (bicyclic) bond motifs is 1. The van der Waals surface area contributed by atoms with Gasteiger partial charge in [-0.3, -0.25) is 14.5 Å². The Kier molecular flexibility index (Phi) is 7.39. The number of aliphatic hydroxyl groups is 1. The summed E-state index contributed by atoms with van der Waals surface area (Å²) < 4.78 is 5.99. The molecule has 0 radical (unpaired) electrons. The van der Waals surface area contributed by atoms with E-state index in [1.54, 1.807) is 0 Å². The minimum Gasteiger partial charge on any atom is -0.448 e. The number of nitrogens with one attached hydrogen (secondary N) is 1. The zero-order valence-corrected chi connectivity index (χ0v) is 20.8. The summed E-state index contributed by atoms with van der Waals surface area (Å²) in [5.74, 6) is -0.997. The van der Waals surface area contributed by atoms with Crippen LogP contribution in [0.25, 0.3) is 0 Å². The van der Waals surface area contributed by atoms with Gasteiger partial charge in [0.05, 0.1) is 13.0 Å². The number of thioether (sulfide) groups is 1. The number of benzene rings is 3. The molecule has 1 saturated heterocycles. The first-order valence-electron chi connectivity index (χ1n) is 12.0. The first-order chi connectivity index (χ1) is 18.1. The van der Waals surface area contributed by atoms with Crippen molar-refractivity contribution in [3.05, 3.63) is 119 Å². The average molecular weight is 515 g/mol. The normalized spacial score (nSPS) is 18.8. The zero-order valence-electron chi connectivity index (χ0n) is 19.9. The molecule has 5 rings (SSSR count). The molecule has 1 unspecified atom stereocenters. The third-order valence-electron chi connectivity index (χ3n) is 6.38. The minimum atomic E-state index is -0.747. The molecule has 0 saturated carbocycles. The van der Waals surface area contributed by atoms with Gasteiger partial charge in [0.2, 0.25) is 5.91 Å². The van der Waals surface area contributed by atoms with Crippen molar-refractivity contribution in [2.75, 3.05) is 12.4 Å². The third kappa shape index (κ3) is 5.16. The van der Waals surface area contributed by atoms with E-state index in [9.17, 15) is 19.5 Å². The van der Waals surface area contributed by atoms with E-state index < -0.39 is 29.4 Å². The van der Waals surface area contributed by atoms with Crippen molar-refractivity contribution in [3.8, 4) is 0 Å². The summed E-state index contributed by atoms with van der Waals surface area (Å²) >= 11 is 1.40. The predicted molar refractivity (Wildman–Crippen MR) is 140 cm³/mol. The highest BCUT2D eigenvalue weighted by Gasteiger charge is 2.54. The molecule has 37 heavy (non-hydrogen) atoms. The molecule has 188 valence electrons. The Balaban J connectivity index is 1.35. The fourth-order valence-corrected chi connectivity index (χ4v) is 5.88. The van der Waals surface area contributed by atoms with Crippen LogP contribution in [0.15, 0.2) is 102 Å². The van der Waals surface area contributed by atoms with Gasteiger partial charge in [0, 0.05) is 5.75 Å². The second-order valence-electron chi connectivity index (χ2n) is 8.83. The summed E-state index contributed by atoms with van der Waals surface area (Å²) in [6.07, 6.45) is -0.530. The van der Waals surface area contributed by atoms with Crippen molar-refractivity contribution >= 4 is 29.5 Å². The Morgan fingerprint density at radius 2 is 1.51 bits per heavy atom. The predicted octanol–water partition coefficient (Wildman–Crippen LogP) is 3.21. The fourth-order valence-electron chi connectivity index (χ4n) is 4.55. The molecular formula is C29H26N2O5S. The van der Waals surface area contributed by atoms with Crippen molar-refractivity contribution in [3.63, 3.8) is 0 Å². The van der Waals surface area contributed by atoms with Crippen LogP contribution in [-0.2, 0) is 25.5 Å². The molecule has 1 fully saturated rings. The highest BCUT2D eigenvalue weighted by Crippen LogP contribution is 2.41. The maximum absolute atomic E-state index is 13.5. The van der Waals surface area contributed by atoms with Crippen LogP contribution >= 0.6 is 11.8 Å². The Morgan fingerprint density at radius 1 is 0.946 bits per heavy atom. The highest BCUT2D eigenvalue weighted by molar-refractivity contribution is 8.00. The van der Waals surface area contributed by atoms with E-state index in [0.717, 1.165) is 16.7 Å². The third-order valence-corrected chi connectivity index (χ3v) is 7.72. The van der Waals surface area contributed by atoms with Crippen LogP contribution in [0.2, 0.25) is 0 Å². The molecule has 2 atom stereocenters. The lowest BCUT2D eigenvalue weighted by Gasteiger charge is -2.49. The number of ether oxygens (including phenoxy) is 1. The molecule has 0 bridgehead atoms. The molecule has 3 aromatic carbocycles. The van der Waals surface area contributed by atoms with Gasteiger partial charge in [-0.1, -0.05) is 91.0 Å². The fraction of sp³-hybridized carbons (Fsp3) is 0.207.